The number of piperidine rings is 1. The Bertz CT molecular complexity index is 904. The number of nitrogens with one attached hydrogen (secondary N) is 1. The number of amides is 2. The van der Waals surface area contributed by atoms with Gasteiger partial charge in [0.25, 0.3) is 0 Å². The summed E-state index contributed by atoms with van der Waals surface area (Å²) in [7, 11) is -3.68. The smallest absolute Gasteiger partial charge is 0.243 e. The molecular formula is C21H29FN4O4S. The lowest BCUT2D eigenvalue weighted by atomic mass is 9.96. The molecule has 1 aliphatic carbocycles. The Morgan fingerprint density at radius 3 is 2.13 bits per heavy atom. The van der Waals surface area contributed by atoms with Crippen molar-refractivity contribution in [2.24, 2.45) is 5.92 Å². The number of hydrogen-bond acceptors (Lipinski definition) is 5. The molecule has 1 aromatic carbocycles. The van der Waals surface area contributed by atoms with E-state index in [4.69, 9.17) is 0 Å². The third kappa shape index (κ3) is 5.42. The fraction of sp³-hybridized carbons (Fsp3) is 0.619. The van der Waals surface area contributed by atoms with Crippen LogP contribution in [0.5, 0.6) is 0 Å². The Balaban J connectivity index is 1.24. The summed E-state index contributed by atoms with van der Waals surface area (Å²) in [6, 6.07) is 5.17. The van der Waals surface area contributed by atoms with Crippen LogP contribution in [0.25, 0.3) is 0 Å². The van der Waals surface area contributed by atoms with Crippen molar-refractivity contribution in [2.45, 2.75) is 36.6 Å². The Morgan fingerprint density at radius 2 is 1.55 bits per heavy atom. The van der Waals surface area contributed by atoms with Gasteiger partial charge < -0.3 is 10.2 Å². The van der Waals surface area contributed by atoms with Crippen molar-refractivity contribution in [1.29, 1.82) is 0 Å². The van der Waals surface area contributed by atoms with E-state index in [0.29, 0.717) is 51.6 Å². The number of hydrogen-bond donors (Lipinski definition) is 1. The summed E-state index contributed by atoms with van der Waals surface area (Å²) in [6.07, 6.45) is 3.09. The van der Waals surface area contributed by atoms with Gasteiger partial charge in [-0.1, -0.05) is 0 Å². The predicted molar refractivity (Wildman–Crippen MR) is 112 cm³/mol. The molecule has 0 unspecified atom stereocenters. The molecule has 31 heavy (non-hydrogen) atoms. The quantitative estimate of drug-likeness (QED) is 0.685. The van der Waals surface area contributed by atoms with E-state index in [0.717, 1.165) is 25.0 Å². The van der Waals surface area contributed by atoms with E-state index in [1.165, 1.54) is 16.4 Å². The molecule has 10 heteroatoms. The summed E-state index contributed by atoms with van der Waals surface area (Å²) in [6.45, 7) is 3.43. The van der Waals surface area contributed by atoms with Gasteiger partial charge in [0.05, 0.1) is 11.4 Å². The van der Waals surface area contributed by atoms with Crippen LogP contribution in [0.1, 0.15) is 25.7 Å². The molecule has 0 atom stereocenters. The van der Waals surface area contributed by atoms with E-state index < -0.39 is 15.8 Å². The molecule has 2 saturated heterocycles. The van der Waals surface area contributed by atoms with Crippen molar-refractivity contribution in [3.63, 3.8) is 0 Å². The molecule has 0 aromatic heterocycles. The molecule has 0 bridgehead atoms. The number of carbonyl (C=O) groups is 2. The lowest BCUT2D eigenvalue weighted by molar-refractivity contribution is -0.138. The minimum atomic E-state index is -3.68. The van der Waals surface area contributed by atoms with Crippen molar-refractivity contribution < 1.29 is 22.4 Å². The highest BCUT2D eigenvalue weighted by molar-refractivity contribution is 7.89. The van der Waals surface area contributed by atoms with Crippen LogP contribution < -0.4 is 5.32 Å². The van der Waals surface area contributed by atoms with Crippen molar-refractivity contribution in [3.8, 4) is 0 Å². The van der Waals surface area contributed by atoms with Crippen molar-refractivity contribution in [2.75, 3.05) is 45.8 Å². The summed E-state index contributed by atoms with van der Waals surface area (Å²) < 4.78 is 40.0. The minimum absolute atomic E-state index is 0.0528. The molecule has 0 spiro atoms. The van der Waals surface area contributed by atoms with Crippen molar-refractivity contribution >= 4 is 21.8 Å². The maximum atomic E-state index is 13.1. The lowest BCUT2D eigenvalue weighted by Gasteiger charge is -2.38. The molecular weight excluding hydrogens is 423 g/mol. The Labute approximate surface area is 182 Å². The molecule has 4 rings (SSSR count). The molecule has 3 fully saturated rings. The van der Waals surface area contributed by atoms with Crippen LogP contribution in [-0.2, 0) is 19.6 Å². The average Bonchev–Trinajstić information content (AvgIpc) is 3.58. The van der Waals surface area contributed by atoms with Crippen molar-refractivity contribution in [1.82, 2.24) is 19.4 Å². The molecule has 2 heterocycles. The zero-order valence-corrected chi connectivity index (χ0v) is 18.3. The topological polar surface area (TPSA) is 90.0 Å². The second-order valence-corrected chi connectivity index (χ2v) is 10.5. The van der Waals surface area contributed by atoms with Gasteiger partial charge in [0.2, 0.25) is 21.8 Å². The zero-order valence-electron chi connectivity index (χ0n) is 17.5. The number of halogens is 1. The van der Waals surface area contributed by atoms with Crippen LogP contribution in [0.4, 0.5) is 4.39 Å². The summed E-state index contributed by atoms with van der Waals surface area (Å²) >= 11 is 0. The van der Waals surface area contributed by atoms with Gasteiger partial charge in [0.1, 0.15) is 5.82 Å². The van der Waals surface area contributed by atoms with Crippen LogP contribution in [0.2, 0.25) is 0 Å². The van der Waals surface area contributed by atoms with Crippen molar-refractivity contribution in [3.05, 3.63) is 30.1 Å². The van der Waals surface area contributed by atoms with Gasteiger partial charge in [-0.3, -0.25) is 14.5 Å². The fourth-order valence-electron chi connectivity index (χ4n) is 4.19. The van der Waals surface area contributed by atoms with Crippen LogP contribution in [-0.4, -0.2) is 86.2 Å². The molecule has 2 aliphatic heterocycles. The molecule has 1 N–H and O–H groups in total. The second kappa shape index (κ2) is 9.22. The third-order valence-corrected chi connectivity index (χ3v) is 8.16. The fourth-order valence-corrected chi connectivity index (χ4v) is 5.66. The standard InChI is InChI=1S/C21H29FN4O4S/c22-17-1-5-19(6-2-17)31(29,30)26-9-7-16(8-10-26)21(28)25-13-11-24(12-14-25)15-20(27)23-18-3-4-18/h1-2,5-6,16,18H,3-4,7-15H2,(H,23,27). The Morgan fingerprint density at radius 1 is 0.935 bits per heavy atom. The van der Waals surface area contributed by atoms with Gasteiger partial charge in [-0.15, -0.1) is 0 Å². The first-order valence-electron chi connectivity index (χ1n) is 10.9. The SMILES string of the molecule is O=C(CN1CCN(C(=O)C2CCN(S(=O)(=O)c3ccc(F)cc3)CC2)CC1)NC1CC1. The van der Waals surface area contributed by atoms with E-state index in [-0.39, 0.29) is 35.7 Å². The van der Waals surface area contributed by atoms with Crippen LogP contribution in [0.3, 0.4) is 0 Å². The molecule has 1 aromatic rings. The average molecular weight is 453 g/mol. The summed E-state index contributed by atoms with van der Waals surface area (Å²) in [5, 5.41) is 2.98. The highest BCUT2D eigenvalue weighted by atomic mass is 32.2. The predicted octanol–water partition coefficient (Wildman–Crippen LogP) is 0.649. The lowest BCUT2D eigenvalue weighted by Crippen LogP contribution is -2.53. The maximum absolute atomic E-state index is 13.1. The first-order chi connectivity index (χ1) is 14.8. The van der Waals surface area contributed by atoms with Crippen LogP contribution in [0, 0.1) is 11.7 Å². The molecule has 170 valence electrons. The highest BCUT2D eigenvalue weighted by Gasteiger charge is 2.35. The van der Waals surface area contributed by atoms with Gasteiger partial charge in [-0.25, -0.2) is 12.8 Å². The van der Waals surface area contributed by atoms with Gasteiger partial charge in [0.15, 0.2) is 0 Å². The van der Waals surface area contributed by atoms with E-state index in [9.17, 15) is 22.4 Å². The van der Waals surface area contributed by atoms with Crippen LogP contribution >= 0.6 is 0 Å². The number of nitrogens with zero attached hydrogens (tertiary/aromatic N) is 3. The molecule has 1 saturated carbocycles. The number of benzene rings is 1. The number of rotatable bonds is 6. The highest BCUT2D eigenvalue weighted by Crippen LogP contribution is 2.26. The molecule has 0 radical (unpaired) electrons. The first kappa shape index (κ1) is 22.2. The largest absolute Gasteiger partial charge is 0.352 e. The Kier molecular flexibility index (Phi) is 6.59. The zero-order chi connectivity index (χ0) is 22.0. The first-order valence-corrected chi connectivity index (χ1v) is 12.3. The van der Waals surface area contributed by atoms with E-state index in [1.807, 2.05) is 4.90 Å². The normalized spacial score (nSPS) is 21.8. The summed E-state index contributed by atoms with van der Waals surface area (Å²) in [5.41, 5.74) is 0. The van der Waals surface area contributed by atoms with Crippen LogP contribution in [0.15, 0.2) is 29.2 Å². The number of piperazine rings is 1. The number of carbonyl (C=O) groups excluding carboxylic acids is 2. The van der Waals surface area contributed by atoms with Gasteiger partial charge in [0, 0.05) is 51.2 Å². The number of sulfonamides is 1. The van der Waals surface area contributed by atoms with Gasteiger partial charge in [-0.05, 0) is 49.9 Å². The van der Waals surface area contributed by atoms with E-state index >= 15 is 0 Å². The monoisotopic (exact) mass is 452 g/mol. The third-order valence-electron chi connectivity index (χ3n) is 6.25. The molecule has 2 amide bonds. The maximum Gasteiger partial charge on any atom is 0.243 e. The minimum Gasteiger partial charge on any atom is -0.352 e. The molecule has 8 nitrogen and oxygen atoms in total. The summed E-state index contributed by atoms with van der Waals surface area (Å²) in [5.74, 6) is -0.547. The van der Waals surface area contributed by atoms with E-state index in [1.54, 1.807) is 0 Å². The van der Waals surface area contributed by atoms with Gasteiger partial charge in [-0.2, -0.15) is 4.31 Å². The van der Waals surface area contributed by atoms with E-state index in [2.05, 4.69) is 10.2 Å². The molecule has 3 aliphatic rings. The summed E-state index contributed by atoms with van der Waals surface area (Å²) in [4.78, 5) is 28.8. The van der Waals surface area contributed by atoms with Gasteiger partial charge >= 0.3 is 0 Å². The Hall–Kier alpha value is -2.04. The second-order valence-electron chi connectivity index (χ2n) is 8.58.